The van der Waals surface area contributed by atoms with E-state index in [1.54, 1.807) is 6.20 Å². The molecule has 3 N–H and O–H groups in total. The van der Waals surface area contributed by atoms with Gasteiger partial charge >= 0.3 is 6.09 Å². The maximum atomic E-state index is 11.3. The van der Waals surface area contributed by atoms with Gasteiger partial charge in [-0.15, -0.1) is 11.3 Å². The standard InChI is InChI=1S/C23H29N5O3S/c1-14(2)11-23(5,31-20(24)29)13-30-19-7-6-17(10-15(19)3)18-8-9-25-21(27-18)28-22-26-16(4)12-32-22/h6-10,12,14H,11,13H2,1-5H3,(H2,24,29)(H,25,26,27,28). The van der Waals surface area contributed by atoms with E-state index in [0.29, 0.717) is 24.0 Å². The first-order valence-electron chi connectivity index (χ1n) is 10.4. The number of nitrogens with zero attached hydrogens (tertiary/aromatic N) is 3. The number of rotatable bonds is 9. The van der Waals surface area contributed by atoms with E-state index in [1.807, 2.05) is 50.4 Å². The number of aromatic nitrogens is 3. The zero-order valence-corrected chi connectivity index (χ0v) is 19.8. The fourth-order valence-electron chi connectivity index (χ4n) is 3.52. The Morgan fingerprint density at radius 2 is 2.03 bits per heavy atom. The van der Waals surface area contributed by atoms with E-state index >= 15 is 0 Å². The highest BCUT2D eigenvalue weighted by atomic mass is 32.1. The molecule has 0 spiro atoms. The van der Waals surface area contributed by atoms with E-state index in [-0.39, 0.29) is 6.61 Å². The summed E-state index contributed by atoms with van der Waals surface area (Å²) in [6.07, 6.45) is 1.55. The largest absolute Gasteiger partial charge is 0.489 e. The number of primary amides is 1. The Labute approximate surface area is 192 Å². The second-order valence-electron chi connectivity index (χ2n) is 8.42. The summed E-state index contributed by atoms with van der Waals surface area (Å²) in [6, 6.07) is 7.69. The number of hydrogen-bond donors (Lipinski definition) is 2. The van der Waals surface area contributed by atoms with Crippen molar-refractivity contribution >= 4 is 28.5 Å². The monoisotopic (exact) mass is 455 g/mol. The molecule has 9 heteroatoms. The van der Waals surface area contributed by atoms with Crippen LogP contribution in [-0.2, 0) is 4.74 Å². The van der Waals surface area contributed by atoms with Crippen LogP contribution in [0.25, 0.3) is 11.3 Å². The summed E-state index contributed by atoms with van der Waals surface area (Å²) < 4.78 is 11.4. The molecule has 1 atom stereocenters. The number of benzene rings is 1. The van der Waals surface area contributed by atoms with Gasteiger partial charge in [-0.3, -0.25) is 0 Å². The number of nitrogens with two attached hydrogens (primary N) is 1. The van der Waals surface area contributed by atoms with Gasteiger partial charge < -0.3 is 20.5 Å². The van der Waals surface area contributed by atoms with Crippen molar-refractivity contribution in [3.8, 4) is 17.0 Å². The molecule has 1 aromatic carbocycles. The van der Waals surface area contributed by atoms with Gasteiger partial charge in [-0.05, 0) is 62.9 Å². The molecule has 2 heterocycles. The smallest absolute Gasteiger partial charge is 0.405 e. The van der Waals surface area contributed by atoms with E-state index < -0.39 is 11.7 Å². The van der Waals surface area contributed by atoms with Crippen molar-refractivity contribution in [2.75, 3.05) is 11.9 Å². The van der Waals surface area contributed by atoms with Crippen molar-refractivity contribution in [2.45, 2.75) is 46.6 Å². The molecule has 0 saturated heterocycles. The van der Waals surface area contributed by atoms with Gasteiger partial charge in [0, 0.05) is 17.1 Å². The summed E-state index contributed by atoms with van der Waals surface area (Å²) in [4.78, 5) is 24.6. The lowest BCUT2D eigenvalue weighted by Gasteiger charge is -2.30. The molecule has 0 aliphatic carbocycles. The van der Waals surface area contributed by atoms with Gasteiger partial charge in [0.2, 0.25) is 5.95 Å². The van der Waals surface area contributed by atoms with Gasteiger partial charge in [0.25, 0.3) is 0 Å². The van der Waals surface area contributed by atoms with Crippen LogP contribution < -0.4 is 15.8 Å². The van der Waals surface area contributed by atoms with Gasteiger partial charge in [-0.2, -0.15) is 0 Å². The number of anilines is 2. The molecule has 1 unspecified atom stereocenters. The van der Waals surface area contributed by atoms with Gasteiger partial charge in [0.05, 0.1) is 11.4 Å². The minimum Gasteiger partial charge on any atom is -0.489 e. The number of ether oxygens (including phenoxy) is 2. The number of hydrogen-bond acceptors (Lipinski definition) is 8. The molecule has 0 bridgehead atoms. The molecule has 2 aromatic heterocycles. The molecule has 0 radical (unpaired) electrons. The second-order valence-corrected chi connectivity index (χ2v) is 9.28. The number of nitrogens with one attached hydrogen (secondary N) is 1. The third kappa shape index (κ3) is 6.40. The van der Waals surface area contributed by atoms with E-state index in [4.69, 9.17) is 15.2 Å². The maximum absolute atomic E-state index is 11.3. The van der Waals surface area contributed by atoms with Crippen molar-refractivity contribution < 1.29 is 14.3 Å². The minimum absolute atomic E-state index is 0.211. The summed E-state index contributed by atoms with van der Waals surface area (Å²) in [5, 5.41) is 5.86. The number of carbonyl (C=O) groups is 1. The zero-order valence-electron chi connectivity index (χ0n) is 19.0. The third-order valence-corrected chi connectivity index (χ3v) is 5.56. The lowest BCUT2D eigenvalue weighted by molar-refractivity contribution is -0.0187. The van der Waals surface area contributed by atoms with Gasteiger partial charge in [0.1, 0.15) is 18.0 Å². The fourth-order valence-corrected chi connectivity index (χ4v) is 4.21. The lowest BCUT2D eigenvalue weighted by atomic mass is 9.95. The molecule has 8 nitrogen and oxygen atoms in total. The first kappa shape index (κ1) is 23.5. The molecular weight excluding hydrogens is 426 g/mol. The molecule has 0 saturated carbocycles. The quantitative estimate of drug-likeness (QED) is 0.454. The fraction of sp³-hybridized carbons (Fsp3) is 0.391. The van der Waals surface area contributed by atoms with Gasteiger partial charge in [-0.25, -0.2) is 19.7 Å². The Hall–Kier alpha value is -3.20. The van der Waals surface area contributed by atoms with Crippen LogP contribution in [-0.4, -0.2) is 33.3 Å². The number of amides is 1. The Morgan fingerprint density at radius 3 is 2.66 bits per heavy atom. The highest BCUT2D eigenvalue weighted by Crippen LogP contribution is 2.28. The van der Waals surface area contributed by atoms with Crippen LogP contribution in [0, 0.1) is 19.8 Å². The predicted octanol–water partition coefficient (Wildman–Crippen LogP) is 5.24. The first-order chi connectivity index (χ1) is 15.1. The molecular formula is C23H29N5O3S. The molecule has 32 heavy (non-hydrogen) atoms. The van der Waals surface area contributed by atoms with E-state index in [9.17, 15) is 4.79 Å². The van der Waals surface area contributed by atoms with Crippen LogP contribution in [0.4, 0.5) is 15.9 Å². The number of thiazole rings is 1. The Morgan fingerprint density at radius 1 is 1.25 bits per heavy atom. The summed E-state index contributed by atoms with van der Waals surface area (Å²) in [5.74, 6) is 1.52. The van der Waals surface area contributed by atoms with E-state index in [1.165, 1.54) is 11.3 Å². The Bertz CT molecular complexity index is 1080. The molecule has 3 rings (SSSR count). The predicted molar refractivity (Wildman–Crippen MR) is 126 cm³/mol. The third-order valence-electron chi connectivity index (χ3n) is 4.68. The Kier molecular flexibility index (Phi) is 7.29. The van der Waals surface area contributed by atoms with E-state index in [2.05, 4.69) is 34.1 Å². The van der Waals surface area contributed by atoms with Gasteiger partial charge in [0.15, 0.2) is 5.13 Å². The normalized spacial score (nSPS) is 12.9. The topological polar surface area (TPSA) is 112 Å². The van der Waals surface area contributed by atoms with Crippen LogP contribution in [0.15, 0.2) is 35.8 Å². The summed E-state index contributed by atoms with van der Waals surface area (Å²) >= 11 is 1.51. The summed E-state index contributed by atoms with van der Waals surface area (Å²) in [5.41, 5.74) is 8.08. The van der Waals surface area contributed by atoms with Crippen molar-refractivity contribution in [3.05, 3.63) is 47.1 Å². The van der Waals surface area contributed by atoms with Crippen LogP contribution in [0.1, 0.15) is 38.4 Å². The zero-order chi connectivity index (χ0) is 23.3. The minimum atomic E-state index is -0.801. The van der Waals surface area contributed by atoms with Crippen molar-refractivity contribution in [1.29, 1.82) is 0 Å². The SMILES string of the molecule is Cc1csc(Nc2nccc(-c3ccc(OCC(C)(CC(C)C)OC(N)=O)c(C)c3)n2)n1. The maximum Gasteiger partial charge on any atom is 0.405 e. The van der Waals surface area contributed by atoms with Crippen LogP contribution in [0.3, 0.4) is 0 Å². The van der Waals surface area contributed by atoms with Crippen molar-refractivity contribution in [1.82, 2.24) is 15.0 Å². The summed E-state index contributed by atoms with van der Waals surface area (Å²) in [6.45, 7) is 10.1. The molecule has 1 amide bonds. The molecule has 170 valence electrons. The van der Waals surface area contributed by atoms with Crippen molar-refractivity contribution in [3.63, 3.8) is 0 Å². The molecule has 3 aromatic rings. The highest BCUT2D eigenvalue weighted by molar-refractivity contribution is 7.13. The average Bonchev–Trinajstić information content (AvgIpc) is 3.10. The second kappa shape index (κ2) is 9.95. The van der Waals surface area contributed by atoms with Crippen LogP contribution in [0.2, 0.25) is 0 Å². The van der Waals surface area contributed by atoms with Crippen LogP contribution >= 0.6 is 11.3 Å². The lowest BCUT2D eigenvalue weighted by Crippen LogP contribution is -2.41. The number of carbonyl (C=O) groups excluding carboxylic acids is 1. The first-order valence-corrected chi connectivity index (χ1v) is 11.3. The molecule has 0 fully saturated rings. The number of aryl methyl sites for hydroxylation is 2. The van der Waals surface area contributed by atoms with E-state index in [0.717, 1.165) is 27.6 Å². The van der Waals surface area contributed by atoms with Gasteiger partial charge in [-0.1, -0.05) is 13.8 Å². The van der Waals surface area contributed by atoms with Crippen LogP contribution in [0.5, 0.6) is 5.75 Å². The Balaban J connectivity index is 1.73. The van der Waals surface area contributed by atoms with Crippen molar-refractivity contribution in [2.24, 2.45) is 11.7 Å². The summed E-state index contributed by atoms with van der Waals surface area (Å²) in [7, 11) is 0. The average molecular weight is 456 g/mol. The molecule has 0 aliphatic rings. The highest BCUT2D eigenvalue weighted by Gasteiger charge is 2.30. The molecule has 0 aliphatic heterocycles.